The van der Waals surface area contributed by atoms with Gasteiger partial charge in [-0.15, -0.1) is 12.4 Å². The average Bonchev–Trinajstić information content (AvgIpc) is 0.849. The number of carbonyl (C=O) groups is 14. The van der Waals surface area contributed by atoms with Gasteiger partial charge in [-0.1, -0.05) is 212 Å². The van der Waals surface area contributed by atoms with Crippen LogP contribution in [0, 0.1) is 44.3 Å². The summed E-state index contributed by atoms with van der Waals surface area (Å²) in [6, 6.07) is 36.5. The number of pyridine rings is 3. The van der Waals surface area contributed by atoms with Gasteiger partial charge in [-0.2, -0.15) is 5.10 Å². The number of nitrogens with zero attached hydrogens (tertiary/aromatic N) is 6. The molecule has 9 amide bonds. The summed E-state index contributed by atoms with van der Waals surface area (Å²) >= 11 is 4.60. The van der Waals surface area contributed by atoms with E-state index in [-0.39, 0.29) is 109 Å². The van der Waals surface area contributed by atoms with E-state index < -0.39 is 117 Å². The number of Topliss-reactive ketones (excluding diaryl/α,β-unsaturated/α-hetero) is 2. The van der Waals surface area contributed by atoms with Crippen LogP contribution in [-0.2, 0) is 73.4 Å². The number of methoxy groups -OCH3 is 4. The molecule has 0 saturated heterocycles. The van der Waals surface area contributed by atoms with Gasteiger partial charge < -0.3 is 98.7 Å². The minimum absolute atomic E-state index is 0. The molecule has 0 fully saturated rings. The van der Waals surface area contributed by atoms with E-state index in [1.807, 2.05) is 216 Å². The quantitative estimate of drug-likeness (QED) is 0.00350. The molecule has 0 bridgehead atoms. The molecule has 41 nitrogen and oxygen atoms in total. The number of hydrazine groups is 2. The SMILES string of the molecule is CC(=O)N[C@H](C(=O)CN)C(C)(C)C.CC(=O)N[C@H](C(=O)CNC(=O)OC(C)(C)C)C(C)(C)C.CC(=O)N[C@H](C(=O)O)C(C)(C)C.CC(C)(C)OC(=O)NN.CC(C)(C)[C@@H](N)C(=O)O.CCN(CC)CC.COC(=O)Cl.COC(=O)N[C@@H](C(=O)N/N=C\c1ccc(-c2ccccn2)cc1)C(C)(C)C.COC(=O)N[C@@H](C(=O)NNCc1ccc(-c2ccccn2)cc1)C(C)(C)C.COc1ccc(-c2ccccn2)cc1.Cl.[B].[C-]#N.[Na+]. The Morgan fingerprint density at radius 1 is 0.459 bits per heavy atom. The zero-order chi connectivity index (χ0) is 113. The number of rotatable bonds is 26. The van der Waals surface area contributed by atoms with Crippen molar-refractivity contribution in [1.29, 1.82) is 5.26 Å². The summed E-state index contributed by atoms with van der Waals surface area (Å²) < 4.78 is 27.9. The standard InChI is InChI=1S/C20H26N4O3.C20H24N4O3.C14H26N2O4.C12H11NO.C9H18N2O2.C8H15NO3.C6H13NO2.C6H15N.C5H12N2O2.C2H3ClO2.CN.B.ClH.Na/c2*1-20(2,3)17(23-19(26)27-4)18(25)24-22-13-14-8-10-15(11-9-14)16-7-5-6-12-21-16;1-9(17)16-11(13(2,3)4)10(18)8-15-12(19)20-14(5,6)7;1-14-11-7-5-10(6-8-11)12-4-2-3-9-13-12;1-6(12)11-8(7(13)5-10)9(2,3)4;1-5(10)9-6(7(11)12)8(2,3)4;1-6(2,3)4(7)5(8)9;1-4-7(5-2)6-3;1-5(2,3)9-4(8)7-6;1-5-2(3)4;1-2;;;/h5-12,17,22H,13H2,1-4H3,(H,23,26)(H,24,25);5-13,17H,1-4H3,(H,23,26)(H,24,25);11H,8H2,1-7H3,(H,15,19)(H,16,17);2-9H,1H3;8H,5,10H2,1-4H3,(H,11,12);6H,1-4H3,(H,9,10)(H,11,12);4H,7H2,1-3H3,(H,8,9);4-6H2,1-3H3;6H2,1-3H3,(H,7,8);1H3;;;1H;/q;;;;;;;;;;-1;;;+1/b;22-13-;;;;;;;;;;;;/t2*17-;11-;;8-;6-;4-;;;;;;;/m001.110......./s1. The number of alkyl carbamates (subject to hydrolysis) is 3. The van der Waals surface area contributed by atoms with E-state index in [4.69, 9.17) is 53.6 Å². The van der Waals surface area contributed by atoms with Crippen LogP contribution in [0.1, 0.15) is 219 Å². The molecule has 6 aromatic rings. The Kier molecular flexibility index (Phi) is 78.7. The number of nitrogens with one attached hydrogen (secondary N) is 10. The van der Waals surface area contributed by atoms with E-state index in [9.17, 15) is 67.1 Å². The average molecular weight is 2130 g/mol. The largest absolute Gasteiger partial charge is 1.00 e. The number of nitrogens with two attached hydrogens (primary N) is 3. The van der Waals surface area contributed by atoms with Gasteiger partial charge in [0.1, 0.15) is 41.1 Å². The van der Waals surface area contributed by atoms with E-state index in [0.29, 0.717) is 6.54 Å². The number of hydrazone groups is 1. The first kappa shape index (κ1) is 151. The van der Waals surface area contributed by atoms with Crippen molar-refractivity contribution in [3.8, 4) is 39.5 Å². The van der Waals surface area contributed by atoms with Crippen LogP contribution in [-0.4, -0.2) is 236 Å². The topological polar surface area (TPSA) is 611 Å². The normalized spacial score (nSPS) is 11.8. The smallest absolute Gasteiger partial charge is 0.512 e. The minimum Gasteiger partial charge on any atom is -0.512 e. The van der Waals surface area contributed by atoms with Crippen molar-refractivity contribution in [1.82, 2.24) is 73.5 Å². The number of hydrogen-bond acceptors (Lipinski definition) is 30. The van der Waals surface area contributed by atoms with Crippen molar-refractivity contribution in [2.45, 2.75) is 262 Å². The maximum Gasteiger partial charge on any atom is 1.00 e. The summed E-state index contributed by atoms with van der Waals surface area (Å²) in [7, 11) is 5.39. The first-order valence-electron chi connectivity index (χ1n) is 46.1. The van der Waals surface area contributed by atoms with Crippen LogP contribution in [0.25, 0.3) is 33.8 Å². The molecule has 6 rings (SSSR count). The number of aromatic nitrogens is 3. The third-order valence-electron chi connectivity index (χ3n) is 18.6. The van der Waals surface area contributed by atoms with Crippen molar-refractivity contribution in [3.63, 3.8) is 0 Å². The summed E-state index contributed by atoms with van der Waals surface area (Å²) in [6.45, 7) is 62.7. The van der Waals surface area contributed by atoms with E-state index in [1.54, 1.807) is 109 Å². The van der Waals surface area contributed by atoms with E-state index in [1.165, 1.54) is 67.9 Å². The fourth-order valence-corrected chi connectivity index (χ4v) is 11.0. The Bertz CT molecular complexity index is 4880. The van der Waals surface area contributed by atoms with Gasteiger partial charge in [0.15, 0.2) is 11.6 Å². The van der Waals surface area contributed by atoms with E-state index in [2.05, 4.69) is 120 Å². The van der Waals surface area contributed by atoms with Gasteiger partial charge in [0, 0.05) is 82.6 Å². The maximum absolute atomic E-state index is 12.4. The van der Waals surface area contributed by atoms with E-state index >= 15 is 0 Å². The Balaban J connectivity index is -0.000000253. The van der Waals surface area contributed by atoms with Crippen molar-refractivity contribution >= 4 is 121 Å². The summed E-state index contributed by atoms with van der Waals surface area (Å²) in [5, 5.41) is 42.4. The number of halogens is 2. The van der Waals surface area contributed by atoms with E-state index in [0.717, 1.165) is 50.6 Å². The van der Waals surface area contributed by atoms with Crippen molar-refractivity contribution in [2.24, 2.45) is 54.9 Å². The molecule has 0 aliphatic heterocycles. The molecule has 3 radical (unpaired) electrons. The second-order valence-electron chi connectivity index (χ2n) is 39.9. The van der Waals surface area contributed by atoms with Crippen LogP contribution in [0.4, 0.5) is 24.0 Å². The van der Waals surface area contributed by atoms with Gasteiger partial charge in [-0.05, 0) is 165 Å². The summed E-state index contributed by atoms with van der Waals surface area (Å²) in [6.07, 6.45) is 4.26. The van der Waals surface area contributed by atoms with Crippen molar-refractivity contribution in [2.75, 3.05) is 61.2 Å². The zero-order valence-corrected chi connectivity index (χ0v) is 96.6. The monoisotopic (exact) mass is 2120 g/mol. The number of amides is 9. The first-order chi connectivity index (χ1) is 66.8. The molecule has 821 valence electrons. The van der Waals surface area contributed by atoms with Crippen molar-refractivity contribution < 1.29 is 135 Å². The molecule has 148 heavy (non-hydrogen) atoms. The van der Waals surface area contributed by atoms with Gasteiger partial charge in [0.05, 0.1) is 76.9 Å². The van der Waals surface area contributed by atoms with Crippen LogP contribution in [0.2, 0.25) is 0 Å². The molecule has 3 aromatic carbocycles. The fraction of sp³-hybridized carbons (Fsp3) is 0.524. The fourth-order valence-electron chi connectivity index (χ4n) is 11.0. The van der Waals surface area contributed by atoms with Crippen LogP contribution in [0.3, 0.4) is 0 Å². The predicted octanol–water partition coefficient (Wildman–Crippen LogP) is 11.0. The molecular weight excluding hydrogens is 1960 g/mol. The van der Waals surface area contributed by atoms with Gasteiger partial charge in [-0.3, -0.25) is 64.2 Å². The zero-order valence-electron chi connectivity index (χ0n) is 93.0. The predicted molar refractivity (Wildman–Crippen MR) is 574 cm³/mol. The second-order valence-corrected chi connectivity index (χ2v) is 40.2. The molecule has 3 aromatic heterocycles. The molecule has 6 atom stereocenters. The first-order valence-corrected chi connectivity index (χ1v) is 46.4. The Morgan fingerprint density at radius 2 is 0.791 bits per heavy atom. The van der Waals surface area contributed by atoms with Crippen LogP contribution in [0.5, 0.6) is 5.75 Å². The van der Waals surface area contributed by atoms with Gasteiger partial charge in [0.25, 0.3) is 11.8 Å². The van der Waals surface area contributed by atoms with Crippen molar-refractivity contribution in [3.05, 3.63) is 164 Å². The minimum atomic E-state index is -1.00. The maximum atomic E-state index is 12.4. The second kappa shape index (κ2) is 77.1. The number of ether oxygens (including phenoxy) is 6. The Hall–Kier alpha value is -12.3. The van der Waals surface area contributed by atoms with Gasteiger partial charge in [-0.25, -0.2) is 45.5 Å². The number of carboxylic acids is 2. The summed E-state index contributed by atoms with van der Waals surface area (Å²) in [5.41, 5.74) is 23.8. The van der Waals surface area contributed by atoms with Crippen LogP contribution >= 0.6 is 24.0 Å². The van der Waals surface area contributed by atoms with Crippen LogP contribution in [0.15, 0.2) is 151 Å². The number of carbonyl (C=O) groups excluding carboxylic acids is 12. The number of carboxylic acid groups (broad SMARTS) is 2. The Morgan fingerprint density at radius 3 is 1.04 bits per heavy atom. The van der Waals surface area contributed by atoms with Crippen LogP contribution < -0.4 is 105 Å². The molecule has 0 aliphatic carbocycles. The summed E-state index contributed by atoms with van der Waals surface area (Å²) in [4.78, 5) is 171. The molecule has 0 saturated carbocycles. The number of benzene rings is 3. The molecule has 0 unspecified atom stereocenters. The molecular formula is C103H164BCl2N19NaO22. The third kappa shape index (κ3) is 73.7. The summed E-state index contributed by atoms with van der Waals surface area (Å²) in [5.74, 6) is 1.71. The third-order valence-corrected chi connectivity index (χ3v) is 18.8. The van der Waals surface area contributed by atoms with Gasteiger partial charge in [0.2, 0.25) is 17.7 Å². The number of ketones is 2. The molecule has 3 heterocycles. The number of hydrogen-bond donors (Lipinski definition) is 15. The molecule has 0 spiro atoms. The van der Waals surface area contributed by atoms with Gasteiger partial charge >= 0.3 is 71.3 Å². The molecule has 0 aliphatic rings. The molecule has 18 N–H and O–H groups in total. The number of aliphatic carboxylic acids is 2. The molecule has 45 heteroatoms. The Labute approximate surface area is 910 Å².